The van der Waals surface area contributed by atoms with E-state index in [4.69, 9.17) is 16.7 Å². The Kier molecular flexibility index (Phi) is 3.17. The van der Waals surface area contributed by atoms with Crippen molar-refractivity contribution in [1.29, 1.82) is 0 Å². The van der Waals surface area contributed by atoms with Gasteiger partial charge in [-0.3, -0.25) is 4.79 Å². The lowest BCUT2D eigenvalue weighted by Gasteiger charge is -2.14. The van der Waals surface area contributed by atoms with Crippen molar-refractivity contribution < 1.29 is 9.90 Å². The molecule has 2 nitrogen and oxygen atoms in total. The normalized spacial score (nSPS) is 12.6. The van der Waals surface area contributed by atoms with E-state index in [1.807, 2.05) is 19.9 Å². The Morgan fingerprint density at radius 1 is 1.43 bits per heavy atom. The van der Waals surface area contributed by atoms with Gasteiger partial charge in [0.2, 0.25) is 0 Å². The first-order valence-electron chi connectivity index (χ1n) is 4.43. The molecule has 0 bridgehead atoms. The maximum atomic E-state index is 10.9. The van der Waals surface area contributed by atoms with Crippen LogP contribution in [-0.4, -0.2) is 11.1 Å². The van der Waals surface area contributed by atoms with Gasteiger partial charge in [-0.2, -0.15) is 0 Å². The smallest absolute Gasteiger partial charge is 0.310 e. The number of rotatable bonds is 2. The van der Waals surface area contributed by atoms with Crippen LogP contribution in [0.3, 0.4) is 0 Å². The highest BCUT2D eigenvalue weighted by molar-refractivity contribution is 6.31. The van der Waals surface area contributed by atoms with E-state index in [1.54, 1.807) is 13.0 Å². The number of hydrogen-bond acceptors (Lipinski definition) is 1. The van der Waals surface area contributed by atoms with E-state index in [-0.39, 0.29) is 0 Å². The number of hydrogen-bond donors (Lipinski definition) is 1. The number of aryl methyl sites for hydroxylation is 1. The van der Waals surface area contributed by atoms with Crippen molar-refractivity contribution in [2.75, 3.05) is 0 Å². The Bertz CT molecular complexity index is 372. The number of carbonyl (C=O) groups is 1. The van der Waals surface area contributed by atoms with Crippen LogP contribution in [0, 0.1) is 13.8 Å². The molecule has 1 rings (SSSR count). The third kappa shape index (κ3) is 1.90. The second-order valence-electron chi connectivity index (χ2n) is 3.46. The zero-order chi connectivity index (χ0) is 10.9. The summed E-state index contributed by atoms with van der Waals surface area (Å²) in [5.74, 6) is -1.40. The molecule has 0 fully saturated rings. The first-order chi connectivity index (χ1) is 6.45. The fraction of sp³-hybridized carbons (Fsp3) is 0.364. The summed E-state index contributed by atoms with van der Waals surface area (Å²) in [7, 11) is 0. The van der Waals surface area contributed by atoms with Crippen LogP contribution in [0.2, 0.25) is 5.02 Å². The van der Waals surface area contributed by atoms with Gasteiger partial charge in [0.05, 0.1) is 5.92 Å². The molecule has 14 heavy (non-hydrogen) atoms. The molecule has 0 aromatic heterocycles. The fourth-order valence-electron chi connectivity index (χ4n) is 1.46. The Balaban J connectivity index is 3.32. The van der Waals surface area contributed by atoms with Gasteiger partial charge in [0, 0.05) is 5.02 Å². The zero-order valence-corrected chi connectivity index (χ0v) is 9.22. The topological polar surface area (TPSA) is 37.3 Å². The summed E-state index contributed by atoms with van der Waals surface area (Å²) in [5.41, 5.74) is 2.75. The molecule has 0 aliphatic carbocycles. The van der Waals surface area contributed by atoms with Crippen molar-refractivity contribution in [1.82, 2.24) is 0 Å². The largest absolute Gasteiger partial charge is 0.481 e. The van der Waals surface area contributed by atoms with Crippen LogP contribution in [0.15, 0.2) is 12.1 Å². The lowest BCUT2D eigenvalue weighted by Crippen LogP contribution is -2.10. The van der Waals surface area contributed by atoms with Crippen LogP contribution < -0.4 is 0 Å². The molecule has 0 saturated heterocycles. The fourth-order valence-corrected chi connectivity index (χ4v) is 1.83. The lowest BCUT2D eigenvalue weighted by atomic mass is 9.93. The van der Waals surface area contributed by atoms with Gasteiger partial charge < -0.3 is 5.11 Å². The highest BCUT2D eigenvalue weighted by atomic mass is 35.5. The standard InChI is InChI=1S/C11H13ClO2/c1-6-4-5-9(12)10(7(6)2)8(3)11(13)14/h4-5,8H,1-3H3,(H,13,14). The molecule has 1 aromatic rings. The number of carboxylic acids is 1. The van der Waals surface area contributed by atoms with E-state index in [9.17, 15) is 4.79 Å². The molecule has 1 N–H and O–H groups in total. The van der Waals surface area contributed by atoms with Crippen LogP contribution in [-0.2, 0) is 4.79 Å². The first kappa shape index (κ1) is 11.1. The molecule has 0 aliphatic heterocycles. The molecular weight excluding hydrogens is 200 g/mol. The van der Waals surface area contributed by atoms with Crippen molar-refractivity contribution in [3.63, 3.8) is 0 Å². The minimum absolute atomic E-state index is 0.531. The summed E-state index contributed by atoms with van der Waals surface area (Å²) < 4.78 is 0. The van der Waals surface area contributed by atoms with Gasteiger partial charge in [-0.15, -0.1) is 0 Å². The molecular formula is C11H13ClO2. The van der Waals surface area contributed by atoms with Crippen LogP contribution in [0.25, 0.3) is 0 Å². The summed E-state index contributed by atoms with van der Waals surface area (Å²) in [5, 5.41) is 9.45. The molecule has 0 saturated carbocycles. The second kappa shape index (κ2) is 4.01. The SMILES string of the molecule is Cc1ccc(Cl)c(C(C)C(=O)O)c1C. The minimum atomic E-state index is -0.847. The van der Waals surface area contributed by atoms with E-state index in [0.29, 0.717) is 5.02 Å². The summed E-state index contributed by atoms with van der Waals surface area (Å²) in [4.78, 5) is 10.9. The summed E-state index contributed by atoms with van der Waals surface area (Å²) >= 11 is 5.98. The number of aliphatic carboxylic acids is 1. The number of halogens is 1. The third-order valence-corrected chi connectivity index (χ3v) is 2.87. The zero-order valence-electron chi connectivity index (χ0n) is 8.47. The van der Waals surface area contributed by atoms with E-state index in [1.165, 1.54) is 0 Å². The van der Waals surface area contributed by atoms with E-state index >= 15 is 0 Å². The highest BCUT2D eigenvalue weighted by Crippen LogP contribution is 2.29. The molecule has 1 aromatic carbocycles. The van der Waals surface area contributed by atoms with Crippen molar-refractivity contribution in [2.24, 2.45) is 0 Å². The van der Waals surface area contributed by atoms with Gasteiger partial charge >= 0.3 is 5.97 Å². The van der Waals surface area contributed by atoms with Crippen LogP contribution >= 0.6 is 11.6 Å². The Morgan fingerprint density at radius 2 is 2.00 bits per heavy atom. The monoisotopic (exact) mass is 212 g/mol. The summed E-state index contributed by atoms with van der Waals surface area (Å²) in [6, 6.07) is 3.65. The van der Waals surface area contributed by atoms with Gasteiger partial charge in [-0.05, 0) is 43.5 Å². The van der Waals surface area contributed by atoms with Gasteiger partial charge in [0.1, 0.15) is 0 Å². The van der Waals surface area contributed by atoms with Gasteiger partial charge in [-0.25, -0.2) is 0 Å². The molecule has 0 spiro atoms. The predicted molar refractivity (Wildman–Crippen MR) is 57.0 cm³/mol. The Hall–Kier alpha value is -1.02. The molecule has 0 aliphatic rings. The number of carboxylic acid groups (broad SMARTS) is 1. The summed E-state index contributed by atoms with van der Waals surface area (Å²) in [6.07, 6.45) is 0. The van der Waals surface area contributed by atoms with Gasteiger partial charge in [0.15, 0.2) is 0 Å². The molecule has 76 valence electrons. The van der Waals surface area contributed by atoms with Crippen LogP contribution in [0.1, 0.15) is 29.5 Å². The highest BCUT2D eigenvalue weighted by Gasteiger charge is 2.19. The summed E-state index contributed by atoms with van der Waals surface area (Å²) in [6.45, 7) is 5.50. The van der Waals surface area contributed by atoms with E-state index in [2.05, 4.69) is 0 Å². The lowest BCUT2D eigenvalue weighted by molar-refractivity contribution is -0.138. The molecule has 0 amide bonds. The minimum Gasteiger partial charge on any atom is -0.481 e. The van der Waals surface area contributed by atoms with Crippen LogP contribution in [0.4, 0.5) is 0 Å². The molecule has 1 unspecified atom stereocenters. The molecule has 1 atom stereocenters. The average molecular weight is 213 g/mol. The number of benzene rings is 1. The molecule has 3 heteroatoms. The van der Waals surface area contributed by atoms with E-state index in [0.717, 1.165) is 16.7 Å². The van der Waals surface area contributed by atoms with Gasteiger partial charge in [0.25, 0.3) is 0 Å². The van der Waals surface area contributed by atoms with E-state index < -0.39 is 11.9 Å². The first-order valence-corrected chi connectivity index (χ1v) is 4.81. The quantitative estimate of drug-likeness (QED) is 0.818. The van der Waals surface area contributed by atoms with Crippen molar-refractivity contribution in [3.05, 3.63) is 33.8 Å². The van der Waals surface area contributed by atoms with Gasteiger partial charge in [-0.1, -0.05) is 17.7 Å². The third-order valence-electron chi connectivity index (χ3n) is 2.54. The van der Waals surface area contributed by atoms with Crippen molar-refractivity contribution in [2.45, 2.75) is 26.7 Å². The Labute approximate surface area is 88.5 Å². The maximum absolute atomic E-state index is 10.9. The molecule has 0 heterocycles. The average Bonchev–Trinajstić information content (AvgIpc) is 2.12. The van der Waals surface area contributed by atoms with Crippen molar-refractivity contribution >= 4 is 17.6 Å². The predicted octanol–water partition coefficient (Wildman–Crippen LogP) is 3.14. The Morgan fingerprint density at radius 3 is 2.50 bits per heavy atom. The maximum Gasteiger partial charge on any atom is 0.310 e. The van der Waals surface area contributed by atoms with Crippen LogP contribution in [0.5, 0.6) is 0 Å². The second-order valence-corrected chi connectivity index (χ2v) is 3.87. The molecule has 0 radical (unpaired) electrons. The van der Waals surface area contributed by atoms with Crippen molar-refractivity contribution in [3.8, 4) is 0 Å².